The summed E-state index contributed by atoms with van der Waals surface area (Å²) in [5.74, 6) is 1.70. The molecule has 0 bridgehead atoms. The number of anilines is 2. The number of amides is 2. The highest BCUT2D eigenvalue weighted by atomic mass is 16.5. The van der Waals surface area contributed by atoms with Crippen molar-refractivity contribution in [1.82, 2.24) is 44.5 Å². The molecule has 3 saturated heterocycles. The molecular formula is C41H51N11O5. The fourth-order valence-corrected chi connectivity index (χ4v) is 8.43. The molecule has 16 heteroatoms. The second kappa shape index (κ2) is 15.2. The molecule has 3 aliphatic heterocycles. The summed E-state index contributed by atoms with van der Waals surface area (Å²) in [5.41, 5.74) is 4.74. The van der Waals surface area contributed by atoms with Gasteiger partial charge in [-0.3, -0.25) is 34.0 Å². The van der Waals surface area contributed by atoms with Crippen LogP contribution < -0.4 is 25.5 Å². The number of benzene rings is 1. The number of ether oxygens (including phenoxy) is 1. The van der Waals surface area contributed by atoms with Gasteiger partial charge in [0, 0.05) is 82.5 Å². The molecule has 1 atom stereocenters. The molecule has 57 heavy (non-hydrogen) atoms. The standard InChI is InChI=1S/C22H29N5O3.C19H22N6O2/c1-24-19-13-16(26-11-9-25(10-12-26)14-15-3-2-4-15)5-6-17(19)27(22(24)30)18-7-8-20(28)23-21(18)29;1-19(4-5-19)27-17-8-13-15(10-20-17)23-24-18(13)14-9-16(22-11-21-14)25-6-2-12(26)3-7-25/h5-6,13,15,18H,2-4,7-12,14H2,1H3,(H,23,28,29);8-12,26H,2-7H2,1H3,(H,23,24). The van der Waals surface area contributed by atoms with E-state index >= 15 is 0 Å². The molecular weight excluding hydrogens is 727 g/mol. The van der Waals surface area contributed by atoms with Crippen LogP contribution in [0.5, 0.6) is 5.88 Å². The average molecular weight is 778 g/mol. The zero-order valence-corrected chi connectivity index (χ0v) is 32.7. The van der Waals surface area contributed by atoms with E-state index in [0.29, 0.717) is 12.3 Å². The van der Waals surface area contributed by atoms with E-state index in [9.17, 15) is 19.5 Å². The van der Waals surface area contributed by atoms with E-state index in [-0.39, 0.29) is 29.7 Å². The van der Waals surface area contributed by atoms with Gasteiger partial charge in [-0.2, -0.15) is 5.10 Å². The van der Waals surface area contributed by atoms with Crippen molar-refractivity contribution in [3.63, 3.8) is 0 Å². The fraction of sp³-hybridized carbons (Fsp3) is 0.537. The Bertz CT molecular complexity index is 2350. The number of aliphatic hydroxyl groups excluding tert-OH is 1. The van der Waals surface area contributed by atoms with Gasteiger partial charge >= 0.3 is 5.69 Å². The zero-order valence-electron chi connectivity index (χ0n) is 32.7. The average Bonchev–Trinajstić information content (AvgIpc) is 3.69. The third-order valence-corrected chi connectivity index (χ3v) is 12.5. The SMILES string of the molecule is CC1(Oc2cc3c(-c4cc(N5CCC(O)CC5)ncn4)n[nH]c3cn2)CC1.Cn1c(=O)n(C2CCC(=O)NC2=O)c2ccc(N3CCN(CC4CCC4)CC3)cc21. The van der Waals surface area contributed by atoms with Crippen LogP contribution in [-0.2, 0) is 16.6 Å². The van der Waals surface area contributed by atoms with Crippen molar-refractivity contribution in [1.29, 1.82) is 0 Å². The van der Waals surface area contributed by atoms with Crippen LogP contribution in [0.25, 0.3) is 33.3 Å². The number of imide groups is 1. The first-order valence-electron chi connectivity index (χ1n) is 20.4. The van der Waals surface area contributed by atoms with Gasteiger partial charge in [0.25, 0.3) is 0 Å². The van der Waals surface area contributed by atoms with Gasteiger partial charge in [-0.15, -0.1) is 0 Å². The number of aryl methyl sites for hydroxylation is 1. The molecule has 0 spiro atoms. The summed E-state index contributed by atoms with van der Waals surface area (Å²) in [6.45, 7) is 9.03. The molecule has 5 fully saturated rings. The van der Waals surface area contributed by atoms with Gasteiger partial charge < -0.3 is 19.6 Å². The van der Waals surface area contributed by atoms with Gasteiger partial charge in [0.15, 0.2) is 0 Å². The molecule has 2 amide bonds. The lowest BCUT2D eigenvalue weighted by molar-refractivity contribution is -0.135. The number of nitrogens with one attached hydrogen (secondary N) is 2. The molecule has 5 aliphatic rings. The molecule has 4 aromatic heterocycles. The largest absolute Gasteiger partial charge is 0.471 e. The Morgan fingerprint density at radius 2 is 1.68 bits per heavy atom. The number of rotatable bonds is 8. The van der Waals surface area contributed by atoms with Crippen molar-refractivity contribution >= 4 is 45.3 Å². The van der Waals surface area contributed by atoms with Crippen LogP contribution in [0.1, 0.15) is 70.8 Å². The van der Waals surface area contributed by atoms with E-state index in [1.807, 2.05) is 24.3 Å². The maximum absolute atomic E-state index is 12.9. The Morgan fingerprint density at radius 3 is 2.40 bits per heavy atom. The molecule has 7 heterocycles. The molecule has 1 aromatic carbocycles. The first kappa shape index (κ1) is 37.2. The van der Waals surface area contributed by atoms with E-state index in [0.717, 1.165) is 116 Å². The van der Waals surface area contributed by atoms with Crippen LogP contribution in [0.15, 0.2) is 47.7 Å². The number of hydrogen-bond donors (Lipinski definition) is 3. The molecule has 2 saturated carbocycles. The Labute approximate surface area is 330 Å². The minimum atomic E-state index is -0.639. The maximum Gasteiger partial charge on any atom is 0.329 e. The molecule has 3 N–H and O–H groups in total. The quantitative estimate of drug-likeness (QED) is 0.196. The Morgan fingerprint density at radius 1 is 0.895 bits per heavy atom. The lowest BCUT2D eigenvalue weighted by Gasteiger charge is -2.39. The zero-order chi connectivity index (χ0) is 39.3. The Kier molecular flexibility index (Phi) is 9.93. The molecule has 0 radical (unpaired) electrons. The number of carbonyl (C=O) groups excluding carboxylic acids is 2. The van der Waals surface area contributed by atoms with Gasteiger partial charge in [-0.1, -0.05) is 6.42 Å². The monoisotopic (exact) mass is 777 g/mol. The minimum absolute atomic E-state index is 0.0779. The first-order valence-corrected chi connectivity index (χ1v) is 20.4. The first-order chi connectivity index (χ1) is 27.6. The van der Waals surface area contributed by atoms with Gasteiger partial charge in [0.05, 0.1) is 34.5 Å². The summed E-state index contributed by atoms with van der Waals surface area (Å²) >= 11 is 0. The number of H-pyrrole nitrogens is 1. The summed E-state index contributed by atoms with van der Waals surface area (Å²) in [5, 5.41) is 20.5. The van der Waals surface area contributed by atoms with Crippen molar-refractivity contribution in [2.75, 3.05) is 55.6 Å². The van der Waals surface area contributed by atoms with Crippen LogP contribution in [-0.4, -0.2) is 114 Å². The van der Waals surface area contributed by atoms with Gasteiger partial charge in [0.2, 0.25) is 17.7 Å². The number of carbonyl (C=O) groups is 2. The molecule has 300 valence electrons. The maximum atomic E-state index is 12.9. The van der Waals surface area contributed by atoms with Crippen molar-refractivity contribution in [3.8, 4) is 17.3 Å². The normalized spacial score (nSPS) is 21.6. The van der Waals surface area contributed by atoms with Crippen LogP contribution in [0.3, 0.4) is 0 Å². The van der Waals surface area contributed by atoms with E-state index in [1.165, 1.54) is 30.4 Å². The highest BCUT2D eigenvalue weighted by Crippen LogP contribution is 2.40. The van der Waals surface area contributed by atoms with Crippen molar-refractivity contribution in [2.24, 2.45) is 13.0 Å². The highest BCUT2D eigenvalue weighted by molar-refractivity contribution is 6.00. The molecule has 10 rings (SSSR count). The highest BCUT2D eigenvalue weighted by Gasteiger charge is 2.40. The third-order valence-electron chi connectivity index (χ3n) is 12.5. The second-order valence-corrected chi connectivity index (χ2v) is 16.6. The van der Waals surface area contributed by atoms with Crippen LogP contribution in [0.2, 0.25) is 0 Å². The molecule has 2 aliphatic carbocycles. The fourth-order valence-electron chi connectivity index (χ4n) is 8.43. The Balaban J connectivity index is 0.000000149. The molecule has 5 aromatic rings. The number of piperazine rings is 1. The number of imidazole rings is 1. The lowest BCUT2D eigenvalue weighted by atomic mass is 9.85. The summed E-state index contributed by atoms with van der Waals surface area (Å²) in [4.78, 5) is 57.1. The van der Waals surface area contributed by atoms with E-state index < -0.39 is 11.9 Å². The molecule has 16 nitrogen and oxygen atoms in total. The summed E-state index contributed by atoms with van der Waals surface area (Å²) in [6, 6.07) is 9.29. The van der Waals surface area contributed by atoms with Crippen LogP contribution in [0, 0.1) is 5.92 Å². The molecule has 1 unspecified atom stereocenters. The lowest BCUT2D eigenvalue weighted by Crippen LogP contribution is -2.48. The summed E-state index contributed by atoms with van der Waals surface area (Å²) < 4.78 is 9.14. The van der Waals surface area contributed by atoms with E-state index in [1.54, 1.807) is 24.1 Å². The van der Waals surface area contributed by atoms with E-state index in [2.05, 4.69) is 58.2 Å². The number of pyridine rings is 1. The Hall–Kier alpha value is -5.35. The van der Waals surface area contributed by atoms with Gasteiger partial charge in [-0.05, 0) is 76.0 Å². The number of nitrogens with zero attached hydrogens (tertiary/aromatic N) is 9. The summed E-state index contributed by atoms with van der Waals surface area (Å²) in [7, 11) is 1.74. The van der Waals surface area contributed by atoms with E-state index in [4.69, 9.17) is 4.74 Å². The topological polar surface area (TPSA) is 180 Å². The third kappa shape index (κ3) is 7.72. The van der Waals surface area contributed by atoms with Crippen molar-refractivity contribution in [3.05, 3.63) is 53.3 Å². The minimum Gasteiger partial charge on any atom is -0.471 e. The smallest absolute Gasteiger partial charge is 0.329 e. The van der Waals surface area contributed by atoms with Crippen LogP contribution in [0.4, 0.5) is 11.5 Å². The van der Waals surface area contributed by atoms with Crippen molar-refractivity contribution in [2.45, 2.75) is 82.5 Å². The second-order valence-electron chi connectivity index (χ2n) is 16.6. The predicted molar refractivity (Wildman–Crippen MR) is 215 cm³/mol. The number of hydrogen-bond acceptors (Lipinski definition) is 12. The number of fused-ring (bicyclic) bond motifs is 2. The summed E-state index contributed by atoms with van der Waals surface area (Å²) in [6.07, 6.45) is 11.5. The van der Waals surface area contributed by atoms with Crippen LogP contribution >= 0.6 is 0 Å². The number of aromatic amines is 1. The van der Waals surface area contributed by atoms with Gasteiger partial charge in [-0.25, -0.2) is 19.7 Å². The number of aliphatic hydroxyl groups is 1. The van der Waals surface area contributed by atoms with Crippen molar-refractivity contribution < 1.29 is 19.4 Å². The number of piperidine rings is 2. The predicted octanol–water partition coefficient (Wildman–Crippen LogP) is 3.55. The number of aromatic nitrogens is 7. The van der Waals surface area contributed by atoms with Gasteiger partial charge in [0.1, 0.15) is 29.5 Å².